The summed E-state index contributed by atoms with van der Waals surface area (Å²) in [4.78, 5) is 20.9. The summed E-state index contributed by atoms with van der Waals surface area (Å²) < 4.78 is 1.69. The Bertz CT molecular complexity index is 1010. The Balaban J connectivity index is 1.71. The van der Waals surface area contributed by atoms with E-state index < -0.39 is 0 Å². The molecule has 1 aromatic carbocycles. The molecule has 7 nitrogen and oxygen atoms in total. The van der Waals surface area contributed by atoms with Gasteiger partial charge in [0.05, 0.1) is 11.3 Å². The van der Waals surface area contributed by atoms with E-state index in [0.717, 1.165) is 22.6 Å². The second-order valence-corrected chi connectivity index (χ2v) is 6.30. The van der Waals surface area contributed by atoms with Crippen LogP contribution in [0.5, 0.6) is 0 Å². The Morgan fingerprint density at radius 2 is 2.00 bits per heavy atom. The minimum atomic E-state index is -0.155. The summed E-state index contributed by atoms with van der Waals surface area (Å²) in [6.45, 7) is 4.27. The molecule has 2 heterocycles. The first-order valence-corrected chi connectivity index (χ1v) is 8.59. The van der Waals surface area contributed by atoms with Crippen molar-refractivity contribution in [2.75, 3.05) is 6.54 Å². The molecule has 136 valence electrons. The van der Waals surface area contributed by atoms with Gasteiger partial charge in [0.15, 0.2) is 0 Å². The van der Waals surface area contributed by atoms with E-state index >= 15 is 0 Å². The molecule has 0 spiro atoms. The highest BCUT2D eigenvalue weighted by molar-refractivity contribution is 5.94. The van der Waals surface area contributed by atoms with E-state index in [1.807, 2.05) is 39.1 Å². The van der Waals surface area contributed by atoms with Crippen LogP contribution in [-0.2, 0) is 13.5 Å². The first kappa shape index (κ1) is 18.3. The van der Waals surface area contributed by atoms with Gasteiger partial charge in [-0.15, -0.1) is 0 Å². The van der Waals surface area contributed by atoms with Gasteiger partial charge >= 0.3 is 0 Å². The standard InChI is InChI=1S/C20H20N6O/c1-13-10-14(2)25-19(17(13)11-21)15-4-6-16(7-5-15)20(27)22-9-8-18-23-12-24-26(18)3/h4-7,10,12H,8-9H2,1-3H3,(H,22,27). The van der Waals surface area contributed by atoms with Crippen LogP contribution in [0, 0.1) is 25.2 Å². The van der Waals surface area contributed by atoms with Crippen molar-refractivity contribution in [3.05, 3.63) is 64.9 Å². The van der Waals surface area contributed by atoms with Gasteiger partial charge in [0.25, 0.3) is 5.91 Å². The molecule has 1 amide bonds. The quantitative estimate of drug-likeness (QED) is 0.753. The van der Waals surface area contributed by atoms with E-state index in [4.69, 9.17) is 0 Å². The minimum absolute atomic E-state index is 0.155. The van der Waals surface area contributed by atoms with Crippen LogP contribution in [0.1, 0.15) is 33.0 Å². The van der Waals surface area contributed by atoms with Crippen molar-refractivity contribution in [2.45, 2.75) is 20.3 Å². The molecule has 0 saturated heterocycles. The lowest BCUT2D eigenvalue weighted by Crippen LogP contribution is -2.26. The Labute approximate surface area is 157 Å². The highest BCUT2D eigenvalue weighted by atomic mass is 16.1. The van der Waals surface area contributed by atoms with E-state index in [0.29, 0.717) is 29.8 Å². The molecule has 0 radical (unpaired) electrons. The van der Waals surface area contributed by atoms with Gasteiger partial charge in [0.2, 0.25) is 0 Å². The zero-order valence-electron chi connectivity index (χ0n) is 15.5. The Kier molecular flexibility index (Phi) is 5.27. The average Bonchev–Trinajstić information content (AvgIpc) is 3.06. The third kappa shape index (κ3) is 4.01. The smallest absolute Gasteiger partial charge is 0.251 e. The molecule has 0 unspecified atom stereocenters. The summed E-state index contributed by atoms with van der Waals surface area (Å²) in [6.07, 6.45) is 2.10. The lowest BCUT2D eigenvalue weighted by Gasteiger charge is -2.09. The number of nitrogens with zero attached hydrogens (tertiary/aromatic N) is 5. The second kappa shape index (κ2) is 7.79. The number of aryl methyl sites for hydroxylation is 3. The normalized spacial score (nSPS) is 10.4. The maximum absolute atomic E-state index is 12.3. The van der Waals surface area contributed by atoms with Crippen LogP contribution in [-0.4, -0.2) is 32.2 Å². The number of pyridine rings is 1. The molecule has 3 aromatic rings. The maximum atomic E-state index is 12.3. The molecular weight excluding hydrogens is 340 g/mol. The molecular formula is C20H20N6O. The van der Waals surface area contributed by atoms with Crippen LogP contribution >= 0.6 is 0 Å². The minimum Gasteiger partial charge on any atom is -0.352 e. The van der Waals surface area contributed by atoms with Gasteiger partial charge < -0.3 is 5.32 Å². The van der Waals surface area contributed by atoms with Gasteiger partial charge in [-0.1, -0.05) is 12.1 Å². The van der Waals surface area contributed by atoms with Crippen LogP contribution in [0.25, 0.3) is 11.3 Å². The highest BCUT2D eigenvalue weighted by Crippen LogP contribution is 2.24. The van der Waals surface area contributed by atoms with Gasteiger partial charge in [0.1, 0.15) is 18.2 Å². The third-order valence-electron chi connectivity index (χ3n) is 4.32. The summed E-state index contributed by atoms with van der Waals surface area (Å²) in [5.74, 6) is 0.660. The van der Waals surface area contributed by atoms with Gasteiger partial charge in [-0.3, -0.25) is 14.5 Å². The van der Waals surface area contributed by atoms with Crippen molar-refractivity contribution in [1.29, 1.82) is 5.26 Å². The molecule has 0 aliphatic heterocycles. The zero-order valence-corrected chi connectivity index (χ0v) is 15.5. The lowest BCUT2D eigenvalue weighted by molar-refractivity contribution is 0.0954. The van der Waals surface area contributed by atoms with E-state index in [9.17, 15) is 10.1 Å². The Morgan fingerprint density at radius 1 is 1.26 bits per heavy atom. The molecule has 0 aliphatic rings. The highest BCUT2D eigenvalue weighted by Gasteiger charge is 2.12. The summed E-state index contributed by atoms with van der Waals surface area (Å²) in [5.41, 5.74) is 4.32. The van der Waals surface area contributed by atoms with Crippen LogP contribution in [0.3, 0.4) is 0 Å². The zero-order chi connectivity index (χ0) is 19.4. The van der Waals surface area contributed by atoms with Crippen LogP contribution < -0.4 is 5.32 Å². The lowest BCUT2D eigenvalue weighted by atomic mass is 10.0. The molecule has 3 rings (SSSR count). The fourth-order valence-corrected chi connectivity index (χ4v) is 2.90. The molecule has 0 atom stereocenters. The molecule has 0 bridgehead atoms. The fourth-order valence-electron chi connectivity index (χ4n) is 2.90. The largest absolute Gasteiger partial charge is 0.352 e. The number of nitrogens with one attached hydrogen (secondary N) is 1. The first-order chi connectivity index (χ1) is 13.0. The number of carbonyl (C=O) groups excluding carboxylic acids is 1. The topological polar surface area (TPSA) is 96.5 Å². The second-order valence-electron chi connectivity index (χ2n) is 6.30. The molecule has 7 heteroatoms. The molecule has 0 aliphatic carbocycles. The van der Waals surface area contributed by atoms with Crippen molar-refractivity contribution in [2.24, 2.45) is 7.05 Å². The van der Waals surface area contributed by atoms with Crippen molar-refractivity contribution < 1.29 is 4.79 Å². The number of aromatic nitrogens is 4. The average molecular weight is 360 g/mol. The Morgan fingerprint density at radius 3 is 2.63 bits per heavy atom. The van der Waals surface area contributed by atoms with E-state index in [2.05, 4.69) is 26.5 Å². The van der Waals surface area contributed by atoms with Gasteiger partial charge in [-0.2, -0.15) is 10.4 Å². The summed E-state index contributed by atoms with van der Waals surface area (Å²) >= 11 is 0. The number of amides is 1. The van der Waals surface area contributed by atoms with E-state index in [1.165, 1.54) is 6.33 Å². The summed E-state index contributed by atoms with van der Waals surface area (Å²) in [5, 5.41) is 16.3. The molecule has 27 heavy (non-hydrogen) atoms. The van der Waals surface area contributed by atoms with Crippen molar-refractivity contribution in [1.82, 2.24) is 25.1 Å². The number of nitriles is 1. The number of hydrogen-bond acceptors (Lipinski definition) is 5. The molecule has 1 N–H and O–H groups in total. The summed E-state index contributed by atoms with van der Waals surface area (Å²) in [7, 11) is 1.82. The van der Waals surface area contributed by atoms with Gasteiger partial charge in [-0.25, -0.2) is 4.98 Å². The van der Waals surface area contributed by atoms with E-state index in [-0.39, 0.29) is 5.91 Å². The van der Waals surface area contributed by atoms with Crippen LogP contribution in [0.2, 0.25) is 0 Å². The predicted molar refractivity (Wildman–Crippen MR) is 101 cm³/mol. The predicted octanol–water partition coefficient (Wildman–Crippen LogP) is 2.34. The Hall–Kier alpha value is -3.53. The van der Waals surface area contributed by atoms with Gasteiger partial charge in [0, 0.05) is 36.8 Å². The first-order valence-electron chi connectivity index (χ1n) is 8.59. The van der Waals surface area contributed by atoms with E-state index in [1.54, 1.807) is 16.8 Å². The number of benzene rings is 1. The SMILES string of the molecule is Cc1cc(C)c(C#N)c(-c2ccc(C(=O)NCCc3ncnn3C)cc2)n1. The van der Waals surface area contributed by atoms with Gasteiger partial charge in [-0.05, 0) is 37.6 Å². The van der Waals surface area contributed by atoms with Crippen molar-refractivity contribution in [3.8, 4) is 17.3 Å². The molecule has 0 fully saturated rings. The van der Waals surface area contributed by atoms with Crippen molar-refractivity contribution >= 4 is 5.91 Å². The van der Waals surface area contributed by atoms with Crippen LogP contribution in [0.15, 0.2) is 36.7 Å². The number of rotatable bonds is 5. The number of hydrogen-bond donors (Lipinski definition) is 1. The monoisotopic (exact) mass is 360 g/mol. The summed E-state index contributed by atoms with van der Waals surface area (Å²) in [6, 6.07) is 11.2. The fraction of sp³-hybridized carbons (Fsp3) is 0.250. The molecule has 0 saturated carbocycles. The van der Waals surface area contributed by atoms with Crippen molar-refractivity contribution in [3.63, 3.8) is 0 Å². The number of carbonyl (C=O) groups is 1. The maximum Gasteiger partial charge on any atom is 0.251 e. The third-order valence-corrected chi connectivity index (χ3v) is 4.32. The van der Waals surface area contributed by atoms with Crippen LogP contribution in [0.4, 0.5) is 0 Å². The molecule has 2 aromatic heterocycles.